The molecule has 4 aromatic rings. The van der Waals surface area contributed by atoms with Crippen molar-refractivity contribution in [3.63, 3.8) is 0 Å². The molecular weight excluding hydrogens is 881 g/mol. The van der Waals surface area contributed by atoms with E-state index in [9.17, 15) is 25.9 Å². The van der Waals surface area contributed by atoms with Gasteiger partial charge in [0.05, 0.1) is 44.9 Å². The van der Waals surface area contributed by atoms with Crippen molar-refractivity contribution in [2.45, 2.75) is 190 Å². The number of rotatable bonds is 28. The second-order valence-corrected chi connectivity index (χ2v) is 20.5. The first-order valence-electron chi connectivity index (χ1n) is 24.3. The van der Waals surface area contributed by atoms with Crippen LogP contribution in [0.1, 0.15) is 166 Å². The second-order valence-electron chi connectivity index (χ2n) is 17.8. The maximum atomic E-state index is 11.6. The van der Waals surface area contributed by atoms with Gasteiger partial charge in [-0.25, -0.2) is 16.8 Å². The zero-order valence-electron chi connectivity index (χ0n) is 39.2. The predicted octanol–water partition coefficient (Wildman–Crippen LogP) is 12.9. The summed E-state index contributed by atoms with van der Waals surface area (Å²) < 4.78 is 69.3. The maximum Gasteiger partial charge on any atom is 2.00 e. The summed E-state index contributed by atoms with van der Waals surface area (Å²) in [5.41, 5.74) is 5.69. The molecule has 0 amide bonds. The molecule has 0 fully saturated rings. The molecule has 2 heterocycles. The number of anilines is 4. The van der Waals surface area contributed by atoms with E-state index in [0.717, 1.165) is 59.6 Å². The van der Waals surface area contributed by atoms with Crippen LogP contribution in [0, 0.1) is 0 Å². The summed E-state index contributed by atoms with van der Waals surface area (Å²) in [5, 5.41) is 7.09. The molecule has 0 aliphatic carbocycles. The van der Waals surface area contributed by atoms with Gasteiger partial charge in [0.25, 0.3) is 0 Å². The van der Waals surface area contributed by atoms with Crippen molar-refractivity contribution in [3.05, 3.63) is 108 Å². The standard InChI is InChI=1S/2C26H38N2O3S.Ca/c2*1-2-3-4-5-6-7-8-9-10-14-17-26-27-24-19-18-23(32(29,30)31)20-25(24)28(26)21-22-15-12-11-13-16-22;/h2*11-13,15-16,18-20,26-27H,2-10,14,17,21H2,1H3,(H,29,30,31);/q;;+2/p-2. The Balaban J connectivity index is 0.000000280. The number of hydrogen-bond donors (Lipinski definition) is 2. The van der Waals surface area contributed by atoms with Gasteiger partial charge < -0.3 is 29.5 Å². The van der Waals surface area contributed by atoms with Crippen LogP contribution < -0.4 is 20.4 Å². The summed E-state index contributed by atoms with van der Waals surface area (Å²) in [5.74, 6) is 0. The molecule has 0 spiro atoms. The minimum atomic E-state index is -4.48. The quantitative estimate of drug-likeness (QED) is 0.0321. The average molecular weight is 955 g/mol. The fourth-order valence-electron chi connectivity index (χ4n) is 8.96. The summed E-state index contributed by atoms with van der Waals surface area (Å²) in [4.78, 5) is 4.06. The van der Waals surface area contributed by atoms with Gasteiger partial charge in [0.1, 0.15) is 20.2 Å². The van der Waals surface area contributed by atoms with E-state index in [1.165, 1.54) is 140 Å². The molecule has 352 valence electrons. The van der Waals surface area contributed by atoms with Gasteiger partial charge in [-0.2, -0.15) is 0 Å². The van der Waals surface area contributed by atoms with Crippen molar-refractivity contribution < 1.29 is 25.9 Å². The van der Waals surface area contributed by atoms with Crippen LogP contribution in [0.5, 0.6) is 0 Å². The topological polar surface area (TPSA) is 145 Å². The van der Waals surface area contributed by atoms with Crippen molar-refractivity contribution in [2.24, 2.45) is 0 Å². The zero-order valence-corrected chi connectivity index (χ0v) is 43.1. The Morgan fingerprint density at radius 1 is 0.446 bits per heavy atom. The van der Waals surface area contributed by atoms with E-state index in [2.05, 4.69) is 58.5 Å². The molecule has 2 atom stereocenters. The molecule has 0 saturated heterocycles. The number of hydrogen-bond acceptors (Lipinski definition) is 10. The number of fused-ring (bicyclic) bond motifs is 2. The smallest absolute Gasteiger partial charge is 0.744 e. The minimum absolute atomic E-state index is 0. The minimum Gasteiger partial charge on any atom is -0.744 e. The predicted molar refractivity (Wildman–Crippen MR) is 268 cm³/mol. The molecule has 0 radical (unpaired) electrons. The van der Waals surface area contributed by atoms with E-state index in [4.69, 9.17) is 0 Å². The zero-order chi connectivity index (χ0) is 45.6. The number of nitrogens with one attached hydrogen (secondary N) is 2. The molecule has 0 bridgehead atoms. The van der Waals surface area contributed by atoms with Crippen LogP contribution in [0.4, 0.5) is 22.7 Å². The van der Waals surface area contributed by atoms with Gasteiger partial charge >= 0.3 is 37.7 Å². The summed E-state index contributed by atoms with van der Waals surface area (Å²) >= 11 is 0. The third kappa shape index (κ3) is 18.6. The molecule has 2 aliphatic heterocycles. The fraction of sp³-hybridized carbons (Fsp3) is 0.538. The second kappa shape index (κ2) is 29.1. The van der Waals surface area contributed by atoms with E-state index < -0.39 is 20.2 Å². The molecule has 65 heavy (non-hydrogen) atoms. The van der Waals surface area contributed by atoms with Crippen LogP contribution in [0.15, 0.2) is 107 Å². The SMILES string of the molecule is CCCCCCCCCCCCC1Nc2ccc(S(=O)(=O)[O-])cc2N1Cc1ccccc1.CCCCCCCCCCCCC1Nc2ccc(S(=O)(=O)[O-])cc2N1Cc1ccccc1.[Ca+2]. The molecule has 10 nitrogen and oxygen atoms in total. The van der Waals surface area contributed by atoms with Crippen LogP contribution >= 0.6 is 0 Å². The number of nitrogens with zero attached hydrogens (tertiary/aromatic N) is 2. The third-order valence-corrected chi connectivity index (χ3v) is 14.2. The maximum absolute atomic E-state index is 11.6. The Bertz CT molecular complexity index is 2030. The largest absolute Gasteiger partial charge is 2.00 e. The Morgan fingerprint density at radius 2 is 0.754 bits per heavy atom. The van der Waals surface area contributed by atoms with E-state index in [1.54, 1.807) is 12.1 Å². The van der Waals surface area contributed by atoms with E-state index in [0.29, 0.717) is 13.1 Å². The van der Waals surface area contributed by atoms with Crippen molar-refractivity contribution >= 4 is 80.7 Å². The van der Waals surface area contributed by atoms with Crippen LogP contribution in [0.2, 0.25) is 0 Å². The molecule has 4 aromatic carbocycles. The van der Waals surface area contributed by atoms with Crippen molar-refractivity contribution in [1.82, 2.24) is 0 Å². The van der Waals surface area contributed by atoms with Crippen LogP contribution in [0.25, 0.3) is 0 Å². The first kappa shape index (κ1) is 54.8. The first-order valence-corrected chi connectivity index (χ1v) is 27.1. The molecule has 2 unspecified atom stereocenters. The van der Waals surface area contributed by atoms with Crippen molar-refractivity contribution in [2.75, 3.05) is 20.4 Å². The van der Waals surface area contributed by atoms with Crippen molar-refractivity contribution in [3.8, 4) is 0 Å². The average Bonchev–Trinajstić information content (AvgIpc) is 3.81. The van der Waals surface area contributed by atoms with Gasteiger partial charge in [-0.3, -0.25) is 0 Å². The van der Waals surface area contributed by atoms with Gasteiger partial charge in [-0.05, 0) is 73.2 Å². The number of unbranched alkanes of at least 4 members (excludes halogenated alkanes) is 18. The molecule has 6 rings (SSSR count). The molecule has 2 N–H and O–H groups in total. The van der Waals surface area contributed by atoms with E-state index in [-0.39, 0.29) is 59.9 Å². The van der Waals surface area contributed by atoms with Gasteiger partial charge in [-0.15, -0.1) is 0 Å². The van der Waals surface area contributed by atoms with Crippen LogP contribution in [-0.2, 0) is 33.3 Å². The van der Waals surface area contributed by atoms with Gasteiger partial charge in [0, 0.05) is 13.1 Å². The molecule has 13 heteroatoms. The molecule has 0 aromatic heterocycles. The third-order valence-electron chi connectivity index (χ3n) is 12.6. The molecular formula is C52H74CaN4O6S2. The Labute approximate surface area is 422 Å². The molecule has 0 saturated carbocycles. The summed E-state index contributed by atoms with van der Waals surface area (Å²) in [6.07, 6.45) is 28.2. The fourth-order valence-corrected chi connectivity index (χ4v) is 9.94. The van der Waals surface area contributed by atoms with E-state index >= 15 is 0 Å². The van der Waals surface area contributed by atoms with E-state index in [1.807, 2.05) is 36.4 Å². The first-order chi connectivity index (χ1) is 31.0. The normalized spacial score (nSPS) is 15.3. The number of benzene rings is 4. The Morgan fingerprint density at radius 3 is 1.06 bits per heavy atom. The van der Waals surface area contributed by atoms with Gasteiger partial charge in [0.15, 0.2) is 0 Å². The summed E-state index contributed by atoms with van der Waals surface area (Å²) in [6, 6.07) is 29.6. The molecule has 2 aliphatic rings. The van der Waals surface area contributed by atoms with Crippen LogP contribution in [-0.4, -0.2) is 76.0 Å². The van der Waals surface area contributed by atoms with Crippen LogP contribution in [0.3, 0.4) is 0 Å². The monoisotopic (exact) mass is 954 g/mol. The Kier molecular flexibility index (Phi) is 24.5. The van der Waals surface area contributed by atoms with Gasteiger partial charge in [-0.1, -0.05) is 190 Å². The Hall–Kier alpha value is -2.84. The summed E-state index contributed by atoms with van der Waals surface area (Å²) in [6.45, 7) is 5.85. The van der Waals surface area contributed by atoms with Crippen molar-refractivity contribution in [1.29, 1.82) is 0 Å². The van der Waals surface area contributed by atoms with Gasteiger partial charge in [0.2, 0.25) is 0 Å². The summed E-state index contributed by atoms with van der Waals surface area (Å²) in [7, 11) is -8.96.